The Morgan fingerprint density at radius 2 is 2.12 bits per heavy atom. The molecule has 1 amide bonds. The second-order valence-electron chi connectivity index (χ2n) is 5.67. The average Bonchev–Trinajstić information content (AvgIpc) is 2.30. The molecule has 92 valence electrons. The van der Waals surface area contributed by atoms with Gasteiger partial charge in [0.2, 0.25) is 5.91 Å². The molecule has 1 aliphatic carbocycles. The van der Waals surface area contributed by atoms with Crippen LogP contribution in [0.4, 0.5) is 5.69 Å². The standard InChI is InChI=1S/C14H20N2O/c1-14(2)7-5-11(6-8-14)13(17)16-12-4-3-9-15-10-12/h3-4,9-11H,5-8H2,1-2H3,(H,16,17). The number of rotatable bonds is 2. The summed E-state index contributed by atoms with van der Waals surface area (Å²) in [6.45, 7) is 4.56. The molecule has 1 N–H and O–H groups in total. The number of hydrogen-bond donors (Lipinski definition) is 1. The summed E-state index contributed by atoms with van der Waals surface area (Å²) in [6, 6.07) is 3.71. The lowest BCUT2D eigenvalue weighted by Crippen LogP contribution is -2.30. The van der Waals surface area contributed by atoms with E-state index in [1.165, 1.54) is 0 Å². The summed E-state index contributed by atoms with van der Waals surface area (Å²) >= 11 is 0. The quantitative estimate of drug-likeness (QED) is 0.850. The van der Waals surface area contributed by atoms with Gasteiger partial charge in [-0.15, -0.1) is 0 Å². The van der Waals surface area contributed by atoms with Crippen LogP contribution in [-0.4, -0.2) is 10.9 Å². The normalized spacial score (nSPS) is 19.9. The largest absolute Gasteiger partial charge is 0.324 e. The van der Waals surface area contributed by atoms with Crippen LogP contribution in [0.2, 0.25) is 0 Å². The maximum absolute atomic E-state index is 12.0. The minimum Gasteiger partial charge on any atom is -0.324 e. The van der Waals surface area contributed by atoms with Crippen molar-refractivity contribution in [1.82, 2.24) is 4.98 Å². The van der Waals surface area contributed by atoms with E-state index in [4.69, 9.17) is 0 Å². The Labute approximate surface area is 103 Å². The van der Waals surface area contributed by atoms with Crippen molar-refractivity contribution in [3.05, 3.63) is 24.5 Å². The lowest BCUT2D eigenvalue weighted by molar-refractivity contribution is -0.121. The van der Waals surface area contributed by atoms with Crippen LogP contribution in [0.1, 0.15) is 39.5 Å². The van der Waals surface area contributed by atoms with Gasteiger partial charge in [0.1, 0.15) is 0 Å². The second-order valence-corrected chi connectivity index (χ2v) is 5.67. The number of pyridine rings is 1. The summed E-state index contributed by atoms with van der Waals surface area (Å²) in [5, 5.41) is 2.94. The van der Waals surface area contributed by atoms with E-state index >= 15 is 0 Å². The highest BCUT2D eigenvalue weighted by Gasteiger charge is 2.30. The molecule has 17 heavy (non-hydrogen) atoms. The van der Waals surface area contributed by atoms with Crippen LogP contribution >= 0.6 is 0 Å². The summed E-state index contributed by atoms with van der Waals surface area (Å²) in [5.41, 5.74) is 1.20. The third-order valence-corrected chi connectivity index (χ3v) is 3.64. The molecule has 1 aromatic heterocycles. The van der Waals surface area contributed by atoms with Crippen molar-refractivity contribution in [2.24, 2.45) is 11.3 Å². The summed E-state index contributed by atoms with van der Waals surface area (Å²) in [7, 11) is 0. The third-order valence-electron chi connectivity index (χ3n) is 3.64. The number of aromatic nitrogens is 1. The van der Waals surface area contributed by atoms with Crippen molar-refractivity contribution >= 4 is 11.6 Å². The molecule has 0 bridgehead atoms. The zero-order chi connectivity index (χ0) is 12.3. The molecule has 0 spiro atoms. The van der Waals surface area contributed by atoms with Gasteiger partial charge in [-0.3, -0.25) is 9.78 Å². The number of hydrogen-bond acceptors (Lipinski definition) is 2. The van der Waals surface area contributed by atoms with E-state index in [2.05, 4.69) is 24.1 Å². The van der Waals surface area contributed by atoms with Gasteiger partial charge in [-0.25, -0.2) is 0 Å². The molecule has 0 saturated heterocycles. The number of amides is 1. The van der Waals surface area contributed by atoms with Crippen molar-refractivity contribution < 1.29 is 4.79 Å². The highest BCUT2D eigenvalue weighted by atomic mass is 16.1. The van der Waals surface area contributed by atoms with E-state index in [9.17, 15) is 4.79 Å². The average molecular weight is 232 g/mol. The maximum atomic E-state index is 12.0. The van der Waals surface area contributed by atoms with Gasteiger partial charge in [-0.05, 0) is 43.2 Å². The number of nitrogens with one attached hydrogen (secondary N) is 1. The maximum Gasteiger partial charge on any atom is 0.227 e. The van der Waals surface area contributed by atoms with E-state index in [1.807, 2.05) is 12.1 Å². The predicted octanol–water partition coefficient (Wildman–Crippen LogP) is 3.24. The molecule has 0 aromatic carbocycles. The topological polar surface area (TPSA) is 42.0 Å². The number of carbonyl (C=O) groups excluding carboxylic acids is 1. The van der Waals surface area contributed by atoms with Gasteiger partial charge in [-0.2, -0.15) is 0 Å². The minimum atomic E-state index is 0.147. The highest BCUT2D eigenvalue weighted by Crippen LogP contribution is 2.38. The van der Waals surface area contributed by atoms with E-state index in [0.717, 1.165) is 31.4 Å². The fraction of sp³-hybridized carbons (Fsp3) is 0.571. The first-order valence-corrected chi connectivity index (χ1v) is 6.28. The number of anilines is 1. The molecule has 0 unspecified atom stereocenters. The van der Waals surface area contributed by atoms with E-state index in [-0.39, 0.29) is 11.8 Å². The molecular weight excluding hydrogens is 212 g/mol. The molecule has 1 fully saturated rings. The fourth-order valence-corrected chi connectivity index (χ4v) is 2.34. The van der Waals surface area contributed by atoms with Crippen molar-refractivity contribution in [1.29, 1.82) is 0 Å². The van der Waals surface area contributed by atoms with Gasteiger partial charge in [0.25, 0.3) is 0 Å². The molecule has 0 aliphatic heterocycles. The van der Waals surface area contributed by atoms with Gasteiger partial charge < -0.3 is 5.32 Å². The Bertz CT molecular complexity index is 376. The summed E-state index contributed by atoms with van der Waals surface area (Å²) in [4.78, 5) is 16.0. The first-order valence-electron chi connectivity index (χ1n) is 6.28. The van der Waals surface area contributed by atoms with Crippen LogP contribution in [0.5, 0.6) is 0 Å². The minimum absolute atomic E-state index is 0.147. The smallest absolute Gasteiger partial charge is 0.227 e. The van der Waals surface area contributed by atoms with Crippen molar-refractivity contribution in [2.45, 2.75) is 39.5 Å². The molecule has 1 heterocycles. The molecule has 2 rings (SSSR count). The lowest BCUT2D eigenvalue weighted by Gasteiger charge is -2.33. The summed E-state index contributed by atoms with van der Waals surface area (Å²) in [5.74, 6) is 0.316. The van der Waals surface area contributed by atoms with E-state index in [1.54, 1.807) is 12.4 Å². The van der Waals surface area contributed by atoms with Gasteiger partial charge in [-0.1, -0.05) is 13.8 Å². The highest BCUT2D eigenvalue weighted by molar-refractivity contribution is 5.92. The van der Waals surface area contributed by atoms with Gasteiger partial charge in [0, 0.05) is 12.1 Å². The molecule has 3 heteroatoms. The van der Waals surface area contributed by atoms with Crippen LogP contribution < -0.4 is 5.32 Å². The SMILES string of the molecule is CC1(C)CCC(C(=O)Nc2cccnc2)CC1. The molecule has 3 nitrogen and oxygen atoms in total. The second kappa shape index (κ2) is 4.86. The zero-order valence-electron chi connectivity index (χ0n) is 10.6. The van der Waals surface area contributed by atoms with Crippen LogP contribution in [-0.2, 0) is 4.79 Å². The van der Waals surface area contributed by atoms with Crippen molar-refractivity contribution in [2.75, 3.05) is 5.32 Å². The van der Waals surface area contributed by atoms with Crippen LogP contribution in [0, 0.1) is 11.3 Å². The van der Waals surface area contributed by atoms with Crippen LogP contribution in [0.25, 0.3) is 0 Å². The zero-order valence-corrected chi connectivity index (χ0v) is 10.6. The summed E-state index contributed by atoms with van der Waals surface area (Å²) < 4.78 is 0. The van der Waals surface area contributed by atoms with Crippen LogP contribution in [0.3, 0.4) is 0 Å². The predicted molar refractivity (Wildman–Crippen MR) is 68.6 cm³/mol. The number of nitrogens with zero attached hydrogens (tertiary/aromatic N) is 1. The van der Waals surface area contributed by atoms with Crippen LogP contribution in [0.15, 0.2) is 24.5 Å². The van der Waals surface area contributed by atoms with E-state index < -0.39 is 0 Å². The molecule has 1 saturated carbocycles. The summed E-state index contributed by atoms with van der Waals surface area (Å²) in [6.07, 6.45) is 7.66. The third kappa shape index (κ3) is 3.29. The Morgan fingerprint density at radius 3 is 2.71 bits per heavy atom. The Hall–Kier alpha value is -1.38. The van der Waals surface area contributed by atoms with Gasteiger partial charge in [0.05, 0.1) is 11.9 Å². The molecule has 1 aliphatic rings. The molecular formula is C14H20N2O. The first-order chi connectivity index (χ1) is 8.07. The Balaban J connectivity index is 1.90. The first kappa shape index (κ1) is 12.1. The monoisotopic (exact) mass is 232 g/mol. The van der Waals surface area contributed by atoms with Gasteiger partial charge in [0.15, 0.2) is 0 Å². The molecule has 0 radical (unpaired) electrons. The molecule has 1 aromatic rings. The lowest BCUT2D eigenvalue weighted by atomic mass is 9.73. The molecule has 0 atom stereocenters. The van der Waals surface area contributed by atoms with Crippen molar-refractivity contribution in [3.8, 4) is 0 Å². The number of carbonyl (C=O) groups is 1. The van der Waals surface area contributed by atoms with Crippen molar-refractivity contribution in [3.63, 3.8) is 0 Å². The van der Waals surface area contributed by atoms with Gasteiger partial charge >= 0.3 is 0 Å². The fourth-order valence-electron chi connectivity index (χ4n) is 2.34. The Kier molecular flexibility index (Phi) is 3.46. The van der Waals surface area contributed by atoms with E-state index in [0.29, 0.717) is 5.41 Å². The Morgan fingerprint density at radius 1 is 1.41 bits per heavy atom.